The lowest BCUT2D eigenvalue weighted by molar-refractivity contribution is -0.145. The van der Waals surface area contributed by atoms with E-state index in [4.69, 9.17) is 16.3 Å². The van der Waals surface area contributed by atoms with Crippen LogP contribution >= 0.6 is 11.6 Å². The van der Waals surface area contributed by atoms with Crippen LogP contribution < -0.4 is 5.32 Å². The molecule has 0 amide bonds. The fourth-order valence-corrected chi connectivity index (χ4v) is 1.91. The van der Waals surface area contributed by atoms with Gasteiger partial charge in [-0.1, -0.05) is 43.1 Å². The second-order valence-corrected chi connectivity index (χ2v) is 4.47. The third kappa shape index (κ3) is 4.67. The second kappa shape index (κ2) is 8.11. The average molecular weight is 270 g/mol. The van der Waals surface area contributed by atoms with Crippen LogP contribution in [0.2, 0.25) is 5.02 Å². The number of nitrogens with one attached hydrogen (secondary N) is 1. The number of hydrogen-bond acceptors (Lipinski definition) is 3. The van der Waals surface area contributed by atoms with E-state index in [-0.39, 0.29) is 12.0 Å². The first kappa shape index (κ1) is 15.0. The van der Waals surface area contributed by atoms with Gasteiger partial charge in [-0.2, -0.15) is 0 Å². The summed E-state index contributed by atoms with van der Waals surface area (Å²) in [5, 5.41) is 3.92. The van der Waals surface area contributed by atoms with E-state index in [1.165, 1.54) is 0 Å². The highest BCUT2D eigenvalue weighted by Crippen LogP contribution is 2.15. The summed E-state index contributed by atoms with van der Waals surface area (Å²) < 4.78 is 5.04. The Balaban J connectivity index is 2.57. The Bertz CT molecular complexity index is 382. The van der Waals surface area contributed by atoms with E-state index < -0.39 is 0 Å². The highest BCUT2D eigenvalue weighted by atomic mass is 35.5. The van der Waals surface area contributed by atoms with Crippen LogP contribution in [0.3, 0.4) is 0 Å². The molecule has 0 aliphatic rings. The average Bonchev–Trinajstić information content (AvgIpc) is 2.36. The van der Waals surface area contributed by atoms with Crippen molar-refractivity contribution in [3.05, 3.63) is 34.9 Å². The minimum absolute atomic E-state index is 0.189. The zero-order valence-corrected chi connectivity index (χ0v) is 11.7. The molecule has 1 unspecified atom stereocenters. The largest absolute Gasteiger partial charge is 0.465 e. The van der Waals surface area contributed by atoms with Gasteiger partial charge in [0.05, 0.1) is 6.61 Å². The summed E-state index contributed by atoms with van der Waals surface area (Å²) in [6.07, 6.45) is 1.70. The maximum atomic E-state index is 11.7. The molecule has 0 bridgehead atoms. The topological polar surface area (TPSA) is 38.3 Å². The van der Waals surface area contributed by atoms with E-state index in [1.54, 1.807) is 0 Å². The number of carbonyl (C=O) groups excluding carboxylic acids is 1. The maximum absolute atomic E-state index is 11.7. The number of halogens is 1. The standard InChI is InChI=1S/C14H20ClNO2/c1-3-7-13(14(17)18-4-2)16-10-11-8-5-6-9-12(11)15/h5-6,8-9,13,16H,3-4,7,10H2,1-2H3. The lowest BCUT2D eigenvalue weighted by Gasteiger charge is -2.16. The molecule has 1 N–H and O–H groups in total. The van der Waals surface area contributed by atoms with Crippen molar-refractivity contribution in [1.29, 1.82) is 0 Å². The molecule has 0 spiro atoms. The smallest absolute Gasteiger partial charge is 0.323 e. The van der Waals surface area contributed by atoms with E-state index in [2.05, 4.69) is 5.32 Å². The number of ether oxygens (including phenoxy) is 1. The van der Waals surface area contributed by atoms with Crippen LogP contribution in [0.1, 0.15) is 32.3 Å². The summed E-state index contributed by atoms with van der Waals surface area (Å²) in [6, 6.07) is 7.36. The normalized spacial score (nSPS) is 12.2. The predicted octanol–water partition coefficient (Wildman–Crippen LogP) is 3.16. The summed E-state index contributed by atoms with van der Waals surface area (Å²) in [7, 11) is 0. The maximum Gasteiger partial charge on any atom is 0.323 e. The van der Waals surface area contributed by atoms with Crippen LogP contribution in [0, 0.1) is 0 Å². The van der Waals surface area contributed by atoms with Gasteiger partial charge in [-0.25, -0.2) is 0 Å². The molecule has 4 heteroatoms. The van der Waals surface area contributed by atoms with Crippen molar-refractivity contribution in [2.75, 3.05) is 6.61 Å². The molecular weight excluding hydrogens is 250 g/mol. The Hall–Kier alpha value is -1.06. The van der Waals surface area contributed by atoms with E-state index in [0.717, 1.165) is 18.4 Å². The molecule has 0 fully saturated rings. The molecule has 0 aliphatic carbocycles. The summed E-state index contributed by atoms with van der Waals surface area (Å²) in [4.78, 5) is 11.7. The molecule has 1 rings (SSSR count). The van der Waals surface area contributed by atoms with E-state index in [0.29, 0.717) is 18.2 Å². The van der Waals surface area contributed by atoms with Crippen molar-refractivity contribution < 1.29 is 9.53 Å². The Morgan fingerprint density at radius 2 is 2.11 bits per heavy atom. The minimum Gasteiger partial charge on any atom is -0.465 e. The summed E-state index contributed by atoms with van der Waals surface area (Å²) in [5.74, 6) is -0.189. The molecule has 1 atom stereocenters. The molecule has 0 radical (unpaired) electrons. The molecule has 0 heterocycles. The van der Waals surface area contributed by atoms with Gasteiger partial charge in [0.1, 0.15) is 6.04 Å². The fraction of sp³-hybridized carbons (Fsp3) is 0.500. The number of benzene rings is 1. The van der Waals surface area contributed by atoms with Gasteiger partial charge in [-0.15, -0.1) is 0 Å². The first-order chi connectivity index (χ1) is 8.69. The van der Waals surface area contributed by atoms with Gasteiger partial charge in [0.2, 0.25) is 0 Å². The second-order valence-electron chi connectivity index (χ2n) is 4.07. The van der Waals surface area contributed by atoms with Crippen molar-refractivity contribution in [3.8, 4) is 0 Å². The molecule has 0 saturated heterocycles. The predicted molar refractivity (Wildman–Crippen MR) is 73.6 cm³/mol. The van der Waals surface area contributed by atoms with Gasteiger partial charge in [0.25, 0.3) is 0 Å². The van der Waals surface area contributed by atoms with Gasteiger partial charge in [-0.3, -0.25) is 4.79 Å². The number of hydrogen-bond donors (Lipinski definition) is 1. The molecule has 0 aromatic heterocycles. The van der Waals surface area contributed by atoms with Gasteiger partial charge in [-0.05, 0) is 25.0 Å². The highest BCUT2D eigenvalue weighted by molar-refractivity contribution is 6.31. The number of carbonyl (C=O) groups is 1. The zero-order chi connectivity index (χ0) is 13.4. The van der Waals surface area contributed by atoms with Crippen molar-refractivity contribution in [1.82, 2.24) is 5.32 Å². The van der Waals surface area contributed by atoms with Crippen LogP contribution in [-0.4, -0.2) is 18.6 Å². The van der Waals surface area contributed by atoms with Gasteiger partial charge < -0.3 is 10.1 Å². The van der Waals surface area contributed by atoms with E-state index in [9.17, 15) is 4.79 Å². The monoisotopic (exact) mass is 269 g/mol. The molecule has 18 heavy (non-hydrogen) atoms. The van der Waals surface area contributed by atoms with Crippen LogP contribution in [-0.2, 0) is 16.1 Å². The minimum atomic E-state index is -0.258. The zero-order valence-electron chi connectivity index (χ0n) is 10.9. The van der Waals surface area contributed by atoms with Crippen LogP contribution in [0.5, 0.6) is 0 Å². The van der Waals surface area contributed by atoms with Crippen molar-refractivity contribution in [2.24, 2.45) is 0 Å². The molecule has 1 aromatic rings. The molecule has 100 valence electrons. The molecule has 0 aliphatic heterocycles. The Kier molecular flexibility index (Phi) is 6.76. The SMILES string of the molecule is CCCC(NCc1ccccc1Cl)C(=O)OCC. The Morgan fingerprint density at radius 1 is 1.39 bits per heavy atom. The first-order valence-corrected chi connectivity index (χ1v) is 6.70. The first-order valence-electron chi connectivity index (χ1n) is 6.32. The highest BCUT2D eigenvalue weighted by Gasteiger charge is 2.18. The van der Waals surface area contributed by atoms with Crippen LogP contribution in [0.25, 0.3) is 0 Å². The van der Waals surface area contributed by atoms with Gasteiger partial charge >= 0.3 is 5.97 Å². The van der Waals surface area contributed by atoms with Gasteiger partial charge in [0.15, 0.2) is 0 Å². The number of rotatable bonds is 7. The summed E-state index contributed by atoms with van der Waals surface area (Å²) in [5.41, 5.74) is 0.990. The lowest BCUT2D eigenvalue weighted by atomic mass is 10.1. The summed E-state index contributed by atoms with van der Waals surface area (Å²) >= 11 is 6.07. The van der Waals surface area contributed by atoms with Crippen molar-refractivity contribution >= 4 is 17.6 Å². The molecule has 3 nitrogen and oxygen atoms in total. The summed E-state index contributed by atoms with van der Waals surface area (Å²) in [6.45, 7) is 4.84. The number of esters is 1. The van der Waals surface area contributed by atoms with Gasteiger partial charge in [0, 0.05) is 11.6 Å². The Morgan fingerprint density at radius 3 is 2.72 bits per heavy atom. The fourth-order valence-electron chi connectivity index (χ4n) is 1.71. The third-order valence-electron chi connectivity index (χ3n) is 2.65. The molecular formula is C14H20ClNO2. The molecule has 0 saturated carbocycles. The lowest BCUT2D eigenvalue weighted by Crippen LogP contribution is -2.37. The third-order valence-corrected chi connectivity index (χ3v) is 3.01. The van der Waals surface area contributed by atoms with Crippen molar-refractivity contribution in [2.45, 2.75) is 39.3 Å². The van der Waals surface area contributed by atoms with E-state index >= 15 is 0 Å². The quantitative estimate of drug-likeness (QED) is 0.773. The van der Waals surface area contributed by atoms with Crippen LogP contribution in [0.15, 0.2) is 24.3 Å². The van der Waals surface area contributed by atoms with Crippen LogP contribution in [0.4, 0.5) is 0 Å². The van der Waals surface area contributed by atoms with Crippen molar-refractivity contribution in [3.63, 3.8) is 0 Å². The van der Waals surface area contributed by atoms with E-state index in [1.807, 2.05) is 38.1 Å². The Labute approximate surface area is 113 Å². The molecule has 1 aromatic carbocycles.